The van der Waals surface area contributed by atoms with E-state index in [1.807, 2.05) is 0 Å². The molecular formula is C12H16O4. The minimum absolute atomic E-state index is 0.0792. The van der Waals surface area contributed by atoms with E-state index >= 15 is 0 Å². The standard InChI is InChI=1S/C12H16O4/c1-2-3-7-15-9-16-11-6-4-5-10(8-13)12(11)14/h4-6,8,14H,2-3,7,9H2,1H3. The van der Waals surface area contributed by atoms with Gasteiger partial charge in [-0.25, -0.2) is 0 Å². The summed E-state index contributed by atoms with van der Waals surface area (Å²) in [5, 5.41) is 9.58. The molecule has 1 aromatic rings. The van der Waals surface area contributed by atoms with Crippen LogP contribution in [-0.4, -0.2) is 24.8 Å². The lowest BCUT2D eigenvalue weighted by Gasteiger charge is -2.09. The van der Waals surface area contributed by atoms with Crippen LogP contribution >= 0.6 is 0 Å². The molecule has 0 aliphatic carbocycles. The first-order valence-corrected chi connectivity index (χ1v) is 5.27. The second-order valence-electron chi connectivity index (χ2n) is 3.34. The molecule has 0 heterocycles. The van der Waals surface area contributed by atoms with Gasteiger partial charge >= 0.3 is 0 Å². The van der Waals surface area contributed by atoms with Crippen LogP contribution in [-0.2, 0) is 4.74 Å². The van der Waals surface area contributed by atoms with Gasteiger partial charge in [-0.15, -0.1) is 0 Å². The molecule has 0 amide bonds. The molecule has 0 radical (unpaired) electrons. The molecule has 0 spiro atoms. The summed E-state index contributed by atoms with van der Waals surface area (Å²) in [5.41, 5.74) is 0.214. The van der Waals surface area contributed by atoms with E-state index < -0.39 is 0 Å². The number of hydrogen-bond acceptors (Lipinski definition) is 4. The number of para-hydroxylation sites is 1. The Bertz CT molecular complexity index is 336. The Hall–Kier alpha value is -1.55. The van der Waals surface area contributed by atoms with E-state index in [1.165, 1.54) is 6.07 Å². The quantitative estimate of drug-likeness (QED) is 0.439. The fraction of sp³-hybridized carbons (Fsp3) is 0.417. The van der Waals surface area contributed by atoms with Gasteiger partial charge in [0.05, 0.1) is 12.2 Å². The molecule has 0 fully saturated rings. The summed E-state index contributed by atoms with van der Waals surface area (Å²) in [6, 6.07) is 4.75. The second kappa shape index (κ2) is 6.85. The molecule has 0 saturated carbocycles. The molecule has 4 nitrogen and oxygen atoms in total. The summed E-state index contributed by atoms with van der Waals surface area (Å²) >= 11 is 0. The van der Waals surface area contributed by atoms with Crippen LogP contribution in [0.4, 0.5) is 0 Å². The van der Waals surface area contributed by atoms with Crippen LogP contribution < -0.4 is 4.74 Å². The molecule has 0 aromatic heterocycles. The Kier molecular flexibility index (Phi) is 5.36. The first-order chi connectivity index (χ1) is 7.79. The molecule has 16 heavy (non-hydrogen) atoms. The summed E-state index contributed by atoms with van der Waals surface area (Å²) < 4.78 is 10.4. The lowest BCUT2D eigenvalue weighted by Crippen LogP contribution is -2.04. The highest BCUT2D eigenvalue weighted by Crippen LogP contribution is 2.28. The van der Waals surface area contributed by atoms with E-state index in [0.29, 0.717) is 12.9 Å². The molecule has 0 aliphatic rings. The van der Waals surface area contributed by atoms with Crippen LogP contribution in [0.3, 0.4) is 0 Å². The van der Waals surface area contributed by atoms with E-state index in [-0.39, 0.29) is 23.9 Å². The maximum absolute atomic E-state index is 10.5. The van der Waals surface area contributed by atoms with Crippen molar-refractivity contribution in [1.82, 2.24) is 0 Å². The smallest absolute Gasteiger partial charge is 0.189 e. The summed E-state index contributed by atoms with van der Waals surface area (Å²) in [6.07, 6.45) is 2.62. The molecule has 4 heteroatoms. The average molecular weight is 224 g/mol. The van der Waals surface area contributed by atoms with Gasteiger partial charge in [0.1, 0.15) is 0 Å². The van der Waals surface area contributed by atoms with Crippen molar-refractivity contribution >= 4 is 6.29 Å². The largest absolute Gasteiger partial charge is 0.504 e. The Morgan fingerprint density at radius 2 is 2.25 bits per heavy atom. The number of phenolic OH excluding ortho intramolecular Hbond substituents is 1. The van der Waals surface area contributed by atoms with Crippen molar-refractivity contribution in [3.05, 3.63) is 23.8 Å². The number of rotatable bonds is 7. The highest BCUT2D eigenvalue weighted by molar-refractivity contribution is 5.80. The molecular weight excluding hydrogens is 208 g/mol. The summed E-state index contributed by atoms with van der Waals surface area (Å²) in [5.74, 6) is 0.123. The summed E-state index contributed by atoms with van der Waals surface area (Å²) in [7, 11) is 0. The molecule has 0 unspecified atom stereocenters. The third-order valence-corrected chi connectivity index (χ3v) is 2.10. The van der Waals surface area contributed by atoms with Crippen LogP contribution in [0.1, 0.15) is 30.1 Å². The molecule has 1 rings (SSSR count). The van der Waals surface area contributed by atoms with Gasteiger partial charge in [-0.2, -0.15) is 0 Å². The Morgan fingerprint density at radius 1 is 1.44 bits per heavy atom. The number of benzene rings is 1. The number of aromatic hydroxyl groups is 1. The summed E-state index contributed by atoms with van der Waals surface area (Å²) in [4.78, 5) is 10.5. The number of carbonyl (C=O) groups excluding carboxylic acids is 1. The first kappa shape index (κ1) is 12.5. The first-order valence-electron chi connectivity index (χ1n) is 5.27. The van der Waals surface area contributed by atoms with Crippen LogP contribution in [0.15, 0.2) is 18.2 Å². The van der Waals surface area contributed by atoms with Crippen molar-refractivity contribution in [1.29, 1.82) is 0 Å². The third kappa shape index (κ3) is 3.55. The van der Waals surface area contributed by atoms with Gasteiger partial charge in [-0.3, -0.25) is 4.79 Å². The van der Waals surface area contributed by atoms with Crippen LogP contribution in [0.2, 0.25) is 0 Å². The number of aldehydes is 1. The van der Waals surface area contributed by atoms with E-state index in [1.54, 1.807) is 12.1 Å². The predicted molar refractivity (Wildman–Crippen MR) is 59.8 cm³/mol. The van der Waals surface area contributed by atoms with Gasteiger partial charge in [0, 0.05) is 0 Å². The minimum atomic E-state index is -0.142. The van der Waals surface area contributed by atoms with E-state index in [9.17, 15) is 9.90 Å². The van der Waals surface area contributed by atoms with Crippen LogP contribution in [0.25, 0.3) is 0 Å². The monoisotopic (exact) mass is 224 g/mol. The minimum Gasteiger partial charge on any atom is -0.504 e. The molecule has 0 atom stereocenters. The maximum Gasteiger partial charge on any atom is 0.189 e. The third-order valence-electron chi connectivity index (χ3n) is 2.10. The Balaban J connectivity index is 2.44. The highest BCUT2D eigenvalue weighted by atomic mass is 16.7. The normalized spacial score (nSPS) is 10.1. The zero-order valence-corrected chi connectivity index (χ0v) is 9.31. The molecule has 1 N–H and O–H groups in total. The average Bonchev–Trinajstić information content (AvgIpc) is 2.31. The van der Waals surface area contributed by atoms with Gasteiger partial charge in [0.25, 0.3) is 0 Å². The van der Waals surface area contributed by atoms with E-state index in [0.717, 1.165) is 12.8 Å². The van der Waals surface area contributed by atoms with Crippen molar-refractivity contribution in [2.45, 2.75) is 19.8 Å². The van der Waals surface area contributed by atoms with Crippen LogP contribution in [0.5, 0.6) is 11.5 Å². The SMILES string of the molecule is CCCCOCOc1cccc(C=O)c1O. The van der Waals surface area contributed by atoms with E-state index in [4.69, 9.17) is 9.47 Å². The zero-order valence-electron chi connectivity index (χ0n) is 9.31. The second-order valence-corrected chi connectivity index (χ2v) is 3.34. The van der Waals surface area contributed by atoms with Gasteiger partial charge in [-0.1, -0.05) is 19.4 Å². The topological polar surface area (TPSA) is 55.8 Å². The van der Waals surface area contributed by atoms with Crippen molar-refractivity contribution in [3.63, 3.8) is 0 Å². The molecule has 0 aliphatic heterocycles. The van der Waals surface area contributed by atoms with Gasteiger partial charge in [0.2, 0.25) is 0 Å². The Labute approximate surface area is 94.8 Å². The number of carbonyl (C=O) groups is 1. The zero-order chi connectivity index (χ0) is 11.8. The highest BCUT2D eigenvalue weighted by Gasteiger charge is 2.06. The molecule has 88 valence electrons. The Morgan fingerprint density at radius 3 is 2.94 bits per heavy atom. The molecule has 1 aromatic carbocycles. The van der Waals surface area contributed by atoms with Crippen molar-refractivity contribution in [2.24, 2.45) is 0 Å². The fourth-order valence-electron chi connectivity index (χ4n) is 1.16. The molecule has 0 saturated heterocycles. The molecule has 0 bridgehead atoms. The van der Waals surface area contributed by atoms with Crippen molar-refractivity contribution in [2.75, 3.05) is 13.4 Å². The van der Waals surface area contributed by atoms with Crippen molar-refractivity contribution < 1.29 is 19.4 Å². The van der Waals surface area contributed by atoms with Gasteiger partial charge in [0.15, 0.2) is 24.6 Å². The lowest BCUT2D eigenvalue weighted by atomic mass is 10.2. The van der Waals surface area contributed by atoms with Gasteiger partial charge < -0.3 is 14.6 Å². The number of phenols is 1. The predicted octanol–water partition coefficient (Wildman–Crippen LogP) is 2.36. The van der Waals surface area contributed by atoms with Crippen LogP contribution in [0, 0.1) is 0 Å². The number of unbranched alkanes of at least 4 members (excludes halogenated alkanes) is 1. The number of hydrogen-bond donors (Lipinski definition) is 1. The fourth-order valence-corrected chi connectivity index (χ4v) is 1.16. The number of ether oxygens (including phenoxy) is 2. The van der Waals surface area contributed by atoms with Gasteiger partial charge in [-0.05, 0) is 18.6 Å². The van der Waals surface area contributed by atoms with Crippen molar-refractivity contribution in [3.8, 4) is 11.5 Å². The lowest BCUT2D eigenvalue weighted by molar-refractivity contribution is 0.0126. The summed E-state index contributed by atoms with van der Waals surface area (Å²) in [6.45, 7) is 2.78. The van der Waals surface area contributed by atoms with E-state index in [2.05, 4.69) is 6.92 Å². The maximum atomic E-state index is 10.5.